The number of hydrogen-bond acceptors (Lipinski definition) is 2. The van der Waals surface area contributed by atoms with Gasteiger partial charge in [-0.1, -0.05) is 31.5 Å². The molecule has 0 unspecified atom stereocenters. The zero-order valence-corrected chi connectivity index (χ0v) is 12.1. The Hall–Kier alpha value is -1.48. The maximum absolute atomic E-state index is 5.91. The molecule has 3 nitrogen and oxygen atoms in total. The number of ether oxygens (including phenoxy) is 1. The Kier molecular flexibility index (Phi) is 4.86. The van der Waals surface area contributed by atoms with Gasteiger partial charge < -0.3 is 4.74 Å². The van der Waals surface area contributed by atoms with E-state index in [0.29, 0.717) is 17.7 Å². The van der Waals surface area contributed by atoms with E-state index in [1.165, 1.54) is 0 Å². The van der Waals surface area contributed by atoms with Gasteiger partial charge in [-0.25, -0.2) is 0 Å². The van der Waals surface area contributed by atoms with E-state index in [-0.39, 0.29) is 0 Å². The van der Waals surface area contributed by atoms with Crippen LogP contribution in [0.25, 0.3) is 0 Å². The maximum atomic E-state index is 5.91. The Bertz CT molecular complexity index is 520. The molecule has 0 fully saturated rings. The van der Waals surface area contributed by atoms with Crippen LogP contribution in [-0.2, 0) is 6.61 Å². The molecule has 0 saturated heterocycles. The van der Waals surface area contributed by atoms with Crippen molar-refractivity contribution in [1.29, 1.82) is 0 Å². The summed E-state index contributed by atoms with van der Waals surface area (Å²) in [6.45, 7) is 4.82. The third kappa shape index (κ3) is 3.74. The van der Waals surface area contributed by atoms with Crippen LogP contribution in [0.2, 0.25) is 5.02 Å². The van der Waals surface area contributed by atoms with Gasteiger partial charge in [0.2, 0.25) is 0 Å². The molecule has 1 aromatic carbocycles. The van der Waals surface area contributed by atoms with Gasteiger partial charge in [0.05, 0.1) is 11.7 Å². The zero-order valence-electron chi connectivity index (χ0n) is 11.3. The van der Waals surface area contributed by atoms with Gasteiger partial charge in [-0.15, -0.1) is 0 Å². The third-order valence-corrected chi connectivity index (χ3v) is 3.40. The van der Waals surface area contributed by atoms with Crippen LogP contribution in [0.1, 0.15) is 38.4 Å². The molecule has 1 heterocycles. The predicted octanol–water partition coefficient (Wildman–Crippen LogP) is 4.48. The minimum absolute atomic E-state index is 0.466. The van der Waals surface area contributed by atoms with Crippen molar-refractivity contribution in [2.24, 2.45) is 0 Å². The van der Waals surface area contributed by atoms with Crippen LogP contribution in [0.3, 0.4) is 0 Å². The summed E-state index contributed by atoms with van der Waals surface area (Å²) in [5.41, 5.74) is 0.937. The first kappa shape index (κ1) is 13.9. The number of aromatic nitrogens is 2. The number of rotatable bonds is 6. The highest BCUT2D eigenvalue weighted by atomic mass is 35.5. The molecule has 2 rings (SSSR count). The average molecular weight is 279 g/mol. The monoisotopic (exact) mass is 278 g/mol. The van der Waals surface area contributed by atoms with E-state index >= 15 is 0 Å². The Morgan fingerprint density at radius 1 is 1.26 bits per heavy atom. The van der Waals surface area contributed by atoms with Crippen molar-refractivity contribution in [2.75, 3.05) is 0 Å². The summed E-state index contributed by atoms with van der Waals surface area (Å²) in [5, 5.41) is 5.23. The molecule has 0 spiro atoms. The van der Waals surface area contributed by atoms with Gasteiger partial charge in [0.25, 0.3) is 0 Å². The minimum atomic E-state index is 0.466. The van der Waals surface area contributed by atoms with E-state index in [9.17, 15) is 0 Å². The van der Waals surface area contributed by atoms with Crippen molar-refractivity contribution < 1.29 is 4.74 Å². The van der Waals surface area contributed by atoms with E-state index in [1.54, 1.807) is 6.07 Å². The molecule has 4 heteroatoms. The quantitative estimate of drug-likeness (QED) is 0.779. The van der Waals surface area contributed by atoms with E-state index in [2.05, 4.69) is 18.9 Å². The fraction of sp³-hybridized carbons (Fsp3) is 0.400. The first-order valence-electron chi connectivity index (χ1n) is 6.65. The molecule has 0 radical (unpaired) electrons. The first-order valence-corrected chi connectivity index (χ1v) is 7.03. The molecule has 0 amide bonds. The molecule has 0 saturated carbocycles. The molecular weight excluding hydrogens is 260 g/mol. The minimum Gasteiger partial charge on any atom is -0.487 e. The Balaban J connectivity index is 1.97. The lowest BCUT2D eigenvalue weighted by Crippen LogP contribution is -2.08. The van der Waals surface area contributed by atoms with Gasteiger partial charge in [0, 0.05) is 11.2 Å². The van der Waals surface area contributed by atoms with Crippen LogP contribution in [0, 0.1) is 0 Å². The molecular formula is C15H19ClN2O. The largest absolute Gasteiger partial charge is 0.487 e. The summed E-state index contributed by atoms with van der Waals surface area (Å²) in [4.78, 5) is 0. The average Bonchev–Trinajstić information content (AvgIpc) is 2.87. The lowest BCUT2D eigenvalue weighted by atomic mass is 10.2. The lowest BCUT2D eigenvalue weighted by molar-refractivity contribution is 0.297. The Morgan fingerprint density at radius 3 is 2.74 bits per heavy atom. The molecule has 0 bridgehead atoms. The normalized spacial score (nSPS) is 10.9. The van der Waals surface area contributed by atoms with E-state index in [1.807, 2.05) is 35.1 Å². The Labute approximate surface area is 119 Å². The third-order valence-electron chi connectivity index (χ3n) is 3.16. The summed E-state index contributed by atoms with van der Waals surface area (Å²) in [7, 11) is 0. The second-order valence-electron chi connectivity index (χ2n) is 4.50. The number of halogens is 1. The second kappa shape index (κ2) is 6.62. The summed E-state index contributed by atoms with van der Waals surface area (Å²) < 4.78 is 7.70. The molecule has 19 heavy (non-hydrogen) atoms. The van der Waals surface area contributed by atoms with Gasteiger partial charge in [0.15, 0.2) is 0 Å². The van der Waals surface area contributed by atoms with Crippen molar-refractivity contribution >= 4 is 11.6 Å². The predicted molar refractivity (Wildman–Crippen MR) is 77.6 cm³/mol. The summed E-state index contributed by atoms with van der Waals surface area (Å²) in [5.74, 6) is 0.768. The molecule has 0 N–H and O–H groups in total. The molecule has 0 aliphatic carbocycles. The first-order chi connectivity index (χ1) is 9.22. The molecule has 102 valence electrons. The van der Waals surface area contributed by atoms with Crippen molar-refractivity contribution in [3.8, 4) is 5.75 Å². The highest BCUT2D eigenvalue weighted by molar-refractivity contribution is 6.30. The van der Waals surface area contributed by atoms with E-state index in [4.69, 9.17) is 16.3 Å². The van der Waals surface area contributed by atoms with Crippen LogP contribution in [0.5, 0.6) is 5.75 Å². The molecule has 1 aromatic heterocycles. The van der Waals surface area contributed by atoms with Crippen LogP contribution in [0.4, 0.5) is 0 Å². The van der Waals surface area contributed by atoms with Crippen LogP contribution < -0.4 is 4.74 Å². The zero-order chi connectivity index (χ0) is 13.7. The summed E-state index contributed by atoms with van der Waals surface area (Å²) in [6, 6.07) is 9.88. The van der Waals surface area contributed by atoms with Gasteiger partial charge in [-0.3, -0.25) is 4.68 Å². The van der Waals surface area contributed by atoms with Crippen LogP contribution in [0.15, 0.2) is 36.5 Å². The molecule has 0 aliphatic rings. The standard InChI is InChI=1S/C15H19ClN2O/c1-3-14(4-2)18-9-8-13(17-18)11-19-15-7-5-6-12(16)10-15/h5-10,14H,3-4,11H2,1-2H3. The second-order valence-corrected chi connectivity index (χ2v) is 4.94. The number of benzene rings is 1. The van der Waals surface area contributed by atoms with E-state index < -0.39 is 0 Å². The van der Waals surface area contributed by atoms with Crippen molar-refractivity contribution in [2.45, 2.75) is 39.3 Å². The van der Waals surface area contributed by atoms with Gasteiger partial charge in [-0.2, -0.15) is 5.10 Å². The van der Waals surface area contributed by atoms with Crippen molar-refractivity contribution in [1.82, 2.24) is 9.78 Å². The van der Waals surface area contributed by atoms with Crippen LogP contribution >= 0.6 is 11.6 Å². The number of nitrogens with zero attached hydrogens (tertiary/aromatic N) is 2. The van der Waals surface area contributed by atoms with Crippen molar-refractivity contribution in [3.63, 3.8) is 0 Å². The van der Waals surface area contributed by atoms with Crippen molar-refractivity contribution in [3.05, 3.63) is 47.2 Å². The summed E-state index contributed by atoms with van der Waals surface area (Å²) >= 11 is 5.91. The fourth-order valence-electron chi connectivity index (χ4n) is 2.03. The lowest BCUT2D eigenvalue weighted by Gasteiger charge is -2.12. The topological polar surface area (TPSA) is 27.1 Å². The molecule has 2 aromatic rings. The Morgan fingerprint density at radius 2 is 2.05 bits per heavy atom. The SMILES string of the molecule is CCC(CC)n1ccc(COc2cccc(Cl)c2)n1. The maximum Gasteiger partial charge on any atom is 0.132 e. The van der Waals surface area contributed by atoms with Gasteiger partial charge in [-0.05, 0) is 37.1 Å². The fourth-order valence-corrected chi connectivity index (χ4v) is 2.21. The summed E-state index contributed by atoms with van der Waals surface area (Å²) in [6.07, 6.45) is 4.20. The highest BCUT2D eigenvalue weighted by Gasteiger charge is 2.08. The van der Waals surface area contributed by atoms with Crippen LogP contribution in [-0.4, -0.2) is 9.78 Å². The molecule has 0 aliphatic heterocycles. The number of hydrogen-bond donors (Lipinski definition) is 0. The van der Waals surface area contributed by atoms with Gasteiger partial charge >= 0.3 is 0 Å². The molecule has 0 atom stereocenters. The van der Waals surface area contributed by atoms with E-state index in [0.717, 1.165) is 24.3 Å². The van der Waals surface area contributed by atoms with Gasteiger partial charge in [0.1, 0.15) is 12.4 Å². The highest BCUT2D eigenvalue weighted by Crippen LogP contribution is 2.19. The smallest absolute Gasteiger partial charge is 0.132 e.